The van der Waals surface area contributed by atoms with Crippen molar-refractivity contribution < 1.29 is 9.59 Å². The molecule has 1 fully saturated rings. The Kier molecular flexibility index (Phi) is 6.13. The molecule has 2 aromatic rings. The maximum Gasteiger partial charge on any atom is 0.323 e. The van der Waals surface area contributed by atoms with E-state index >= 15 is 0 Å². The molecule has 8 nitrogen and oxygen atoms in total. The van der Waals surface area contributed by atoms with Crippen LogP contribution in [0.3, 0.4) is 0 Å². The van der Waals surface area contributed by atoms with Crippen molar-refractivity contribution in [2.75, 3.05) is 50.0 Å². The van der Waals surface area contributed by atoms with E-state index in [-0.39, 0.29) is 17.5 Å². The van der Waals surface area contributed by atoms with Crippen LogP contribution in [-0.4, -0.2) is 66.5 Å². The number of anilines is 2. The molecule has 2 aliphatic heterocycles. The van der Waals surface area contributed by atoms with Crippen LogP contribution < -0.4 is 15.5 Å². The Balaban J connectivity index is 1.40. The normalized spacial score (nSPS) is 18.3. The second kappa shape index (κ2) is 8.71. The summed E-state index contributed by atoms with van der Waals surface area (Å²) in [4.78, 5) is 36.7. The number of carbonyl (C=O) groups is 2. The van der Waals surface area contributed by atoms with Gasteiger partial charge in [0.1, 0.15) is 10.7 Å². The van der Waals surface area contributed by atoms with E-state index in [1.165, 1.54) is 10.4 Å². The van der Waals surface area contributed by atoms with Crippen LogP contribution in [0, 0.1) is 6.92 Å². The second-order valence-corrected chi connectivity index (χ2v) is 9.97. The van der Waals surface area contributed by atoms with Crippen molar-refractivity contribution in [2.45, 2.75) is 39.8 Å². The number of rotatable bonds is 5. The molecule has 2 aromatic heterocycles. The van der Waals surface area contributed by atoms with Gasteiger partial charge < -0.3 is 15.1 Å². The lowest BCUT2D eigenvalue weighted by Gasteiger charge is -2.41. The third-order valence-corrected chi connectivity index (χ3v) is 7.54. The number of carbonyl (C=O) groups excluding carboxylic acids is 2. The maximum atomic E-state index is 12.5. The van der Waals surface area contributed by atoms with Gasteiger partial charge in [-0.05, 0) is 45.9 Å². The lowest BCUT2D eigenvalue weighted by molar-refractivity contribution is 0.0958. The highest BCUT2D eigenvalue weighted by atomic mass is 32.1. The molecule has 2 aliphatic rings. The first kappa shape index (κ1) is 22.5. The molecule has 0 atom stereocenters. The first-order valence-electron chi connectivity index (χ1n) is 11.1. The fourth-order valence-electron chi connectivity index (χ4n) is 4.68. The van der Waals surface area contributed by atoms with Crippen molar-refractivity contribution >= 4 is 34.0 Å². The summed E-state index contributed by atoms with van der Waals surface area (Å²) in [5.41, 5.74) is 3.32. The first-order valence-corrected chi connectivity index (χ1v) is 11.9. The summed E-state index contributed by atoms with van der Waals surface area (Å²) in [6, 6.07) is 6.04. The number of hydrogen-bond acceptors (Lipinski definition) is 6. The van der Waals surface area contributed by atoms with E-state index in [1.54, 1.807) is 24.5 Å². The zero-order valence-electron chi connectivity index (χ0n) is 19.5. The molecule has 2 N–H and O–H groups in total. The Morgan fingerprint density at radius 2 is 1.97 bits per heavy atom. The number of thiophene rings is 1. The molecule has 1 saturated heterocycles. The van der Waals surface area contributed by atoms with Gasteiger partial charge in [-0.3, -0.25) is 15.0 Å². The molecule has 172 valence electrons. The molecule has 3 amide bonds. The van der Waals surface area contributed by atoms with Gasteiger partial charge in [0.2, 0.25) is 0 Å². The number of hydrogen-bond donors (Lipinski definition) is 2. The highest BCUT2D eigenvalue weighted by Gasteiger charge is 2.39. The standard InChI is InChI=1S/C23H32N6O2S/c1-6-29-22(31)26-21-17(23(29,3)4)13-16(32-21)14-27-9-11-28(12-10-27)19-8-7-18(20(30)24-5)25-15(19)2/h7-8,13H,6,9-12,14H2,1-5H3,(H,24,30)(H,26,31). The zero-order chi connectivity index (χ0) is 23.0. The maximum absolute atomic E-state index is 12.5. The fraction of sp³-hybridized carbons (Fsp3) is 0.522. The third kappa shape index (κ3) is 4.06. The van der Waals surface area contributed by atoms with Gasteiger partial charge in [-0.1, -0.05) is 0 Å². The van der Waals surface area contributed by atoms with Gasteiger partial charge in [-0.2, -0.15) is 0 Å². The zero-order valence-corrected chi connectivity index (χ0v) is 20.3. The molecule has 0 aromatic carbocycles. The van der Waals surface area contributed by atoms with Crippen molar-refractivity contribution in [3.63, 3.8) is 0 Å². The number of nitrogens with zero attached hydrogens (tertiary/aromatic N) is 4. The van der Waals surface area contributed by atoms with Gasteiger partial charge in [0.25, 0.3) is 5.91 Å². The van der Waals surface area contributed by atoms with E-state index in [9.17, 15) is 9.59 Å². The predicted octanol–water partition coefficient (Wildman–Crippen LogP) is 3.24. The lowest BCUT2D eigenvalue weighted by atomic mass is 9.92. The summed E-state index contributed by atoms with van der Waals surface area (Å²) in [7, 11) is 1.62. The third-order valence-electron chi connectivity index (χ3n) is 6.51. The van der Waals surface area contributed by atoms with Gasteiger partial charge in [-0.25, -0.2) is 9.78 Å². The average molecular weight is 457 g/mol. The SMILES string of the molecule is CCN1C(=O)Nc2sc(CN3CCN(c4ccc(C(=O)NC)nc4C)CC3)cc2C1(C)C. The first-order chi connectivity index (χ1) is 15.2. The minimum atomic E-state index is -0.300. The number of piperazine rings is 1. The second-order valence-electron chi connectivity index (χ2n) is 8.83. The van der Waals surface area contributed by atoms with Crippen molar-refractivity contribution in [3.05, 3.63) is 40.0 Å². The van der Waals surface area contributed by atoms with Crippen molar-refractivity contribution in [1.29, 1.82) is 0 Å². The Hall–Kier alpha value is -2.65. The fourth-order valence-corrected chi connectivity index (χ4v) is 5.92. The van der Waals surface area contributed by atoms with Crippen molar-refractivity contribution in [1.82, 2.24) is 20.1 Å². The van der Waals surface area contributed by atoms with Crippen LogP contribution >= 0.6 is 11.3 Å². The van der Waals surface area contributed by atoms with Gasteiger partial charge in [0, 0.05) is 56.8 Å². The number of urea groups is 1. The Morgan fingerprint density at radius 1 is 1.25 bits per heavy atom. The Bertz CT molecular complexity index is 1030. The predicted molar refractivity (Wildman–Crippen MR) is 129 cm³/mol. The van der Waals surface area contributed by atoms with E-state index < -0.39 is 0 Å². The molecule has 0 saturated carbocycles. The van der Waals surface area contributed by atoms with E-state index in [0.717, 1.165) is 49.1 Å². The summed E-state index contributed by atoms with van der Waals surface area (Å²) in [6.07, 6.45) is 0. The number of fused-ring (bicyclic) bond motifs is 1. The van der Waals surface area contributed by atoms with Gasteiger partial charge >= 0.3 is 6.03 Å². The quantitative estimate of drug-likeness (QED) is 0.722. The van der Waals surface area contributed by atoms with Gasteiger partial charge in [0.15, 0.2) is 0 Å². The summed E-state index contributed by atoms with van der Waals surface area (Å²) in [6.45, 7) is 13.5. The molecule has 0 radical (unpaired) electrons. The number of aryl methyl sites for hydroxylation is 1. The van der Waals surface area contributed by atoms with Gasteiger partial charge in [0.05, 0.1) is 16.9 Å². The van der Waals surface area contributed by atoms with E-state index in [0.29, 0.717) is 12.2 Å². The molecular weight excluding hydrogens is 424 g/mol. The highest BCUT2D eigenvalue weighted by Crippen LogP contribution is 2.43. The molecule has 9 heteroatoms. The highest BCUT2D eigenvalue weighted by molar-refractivity contribution is 7.16. The van der Waals surface area contributed by atoms with E-state index in [4.69, 9.17) is 0 Å². The Morgan fingerprint density at radius 3 is 2.59 bits per heavy atom. The number of nitrogens with one attached hydrogen (secondary N) is 2. The van der Waals surface area contributed by atoms with Crippen LogP contribution in [0.2, 0.25) is 0 Å². The molecule has 0 unspecified atom stereocenters. The number of aromatic nitrogens is 1. The average Bonchev–Trinajstić information content (AvgIpc) is 3.17. The molecule has 32 heavy (non-hydrogen) atoms. The summed E-state index contributed by atoms with van der Waals surface area (Å²) < 4.78 is 0. The van der Waals surface area contributed by atoms with Crippen LogP contribution in [0.15, 0.2) is 18.2 Å². The largest absolute Gasteiger partial charge is 0.368 e. The van der Waals surface area contributed by atoms with Crippen LogP contribution in [-0.2, 0) is 12.1 Å². The smallest absolute Gasteiger partial charge is 0.323 e. The Labute approximate surface area is 193 Å². The molecule has 4 heterocycles. The van der Waals surface area contributed by atoms with E-state index in [2.05, 4.69) is 45.3 Å². The van der Waals surface area contributed by atoms with Crippen molar-refractivity contribution in [3.8, 4) is 0 Å². The molecule has 0 bridgehead atoms. The number of amides is 3. The summed E-state index contributed by atoms with van der Waals surface area (Å²) in [5.74, 6) is -0.162. The van der Waals surface area contributed by atoms with Crippen LogP contribution in [0.4, 0.5) is 15.5 Å². The van der Waals surface area contributed by atoms with Crippen LogP contribution in [0.5, 0.6) is 0 Å². The molecule has 0 aliphatic carbocycles. The number of pyridine rings is 1. The molecule has 0 spiro atoms. The molecule has 4 rings (SSSR count). The van der Waals surface area contributed by atoms with Crippen molar-refractivity contribution in [2.24, 2.45) is 0 Å². The lowest BCUT2D eigenvalue weighted by Crippen LogP contribution is -2.50. The summed E-state index contributed by atoms with van der Waals surface area (Å²) >= 11 is 1.69. The molecular formula is C23H32N6O2S. The topological polar surface area (TPSA) is 80.8 Å². The van der Waals surface area contributed by atoms with Crippen LogP contribution in [0.1, 0.15) is 47.4 Å². The summed E-state index contributed by atoms with van der Waals surface area (Å²) in [5, 5.41) is 6.67. The van der Waals surface area contributed by atoms with Crippen LogP contribution in [0.25, 0.3) is 0 Å². The monoisotopic (exact) mass is 456 g/mol. The van der Waals surface area contributed by atoms with E-state index in [1.807, 2.05) is 24.8 Å². The minimum Gasteiger partial charge on any atom is -0.368 e. The minimum absolute atomic E-state index is 0.0153. The van der Waals surface area contributed by atoms with Gasteiger partial charge in [-0.15, -0.1) is 11.3 Å².